The van der Waals surface area contributed by atoms with Crippen molar-refractivity contribution in [3.05, 3.63) is 58.2 Å². The number of hydrazone groups is 1. The Bertz CT molecular complexity index is 773. The Kier molecular flexibility index (Phi) is 10.2. The molecule has 5 nitrogen and oxygen atoms in total. The lowest BCUT2D eigenvalue weighted by Gasteiger charge is -2.28. The number of aliphatic hydroxyl groups excluding tert-OH is 1. The van der Waals surface area contributed by atoms with E-state index in [1.807, 2.05) is 50.5 Å². The summed E-state index contributed by atoms with van der Waals surface area (Å²) >= 11 is 0. The molecule has 154 valence electrons. The van der Waals surface area contributed by atoms with Crippen LogP contribution in [0.3, 0.4) is 0 Å². The van der Waals surface area contributed by atoms with E-state index in [4.69, 9.17) is 0 Å². The molecule has 0 amide bonds. The summed E-state index contributed by atoms with van der Waals surface area (Å²) in [6, 6.07) is 1.52. The Morgan fingerprint density at radius 1 is 1.39 bits per heavy atom. The van der Waals surface area contributed by atoms with Crippen molar-refractivity contribution in [2.45, 2.75) is 65.5 Å². The molecule has 2 atom stereocenters. The highest BCUT2D eigenvalue weighted by Crippen LogP contribution is 2.22. The molecule has 1 N–H and O–H groups in total. The van der Waals surface area contributed by atoms with Crippen LogP contribution in [-0.4, -0.2) is 33.5 Å². The Balaban J connectivity index is 3.28. The molecule has 1 aromatic rings. The highest BCUT2D eigenvalue weighted by atomic mass is 16.3. The van der Waals surface area contributed by atoms with E-state index in [1.165, 1.54) is 0 Å². The fourth-order valence-corrected chi connectivity index (χ4v) is 3.17. The van der Waals surface area contributed by atoms with Gasteiger partial charge in [-0.1, -0.05) is 44.4 Å². The van der Waals surface area contributed by atoms with Gasteiger partial charge >= 0.3 is 0 Å². The summed E-state index contributed by atoms with van der Waals surface area (Å²) in [5, 5.41) is 16.1. The first-order valence-corrected chi connectivity index (χ1v) is 10.0. The Labute approximate surface area is 169 Å². The predicted octanol–water partition coefficient (Wildman–Crippen LogP) is 4.58. The minimum atomic E-state index is -0.527. The lowest BCUT2D eigenvalue weighted by Crippen LogP contribution is -2.35. The lowest BCUT2D eigenvalue weighted by atomic mass is 10.0. The van der Waals surface area contributed by atoms with Crippen LogP contribution in [0.1, 0.15) is 64.5 Å². The first kappa shape index (κ1) is 23.6. The van der Waals surface area contributed by atoms with E-state index in [0.29, 0.717) is 0 Å². The van der Waals surface area contributed by atoms with Crippen LogP contribution in [0.25, 0.3) is 11.6 Å². The SMILES string of the molecule is C=NN(/C=C/c1cn(C)c(=O)cc1C(/C=C\C)=C/C)C(CCCCC)C(C)O. The average Bonchev–Trinajstić information content (AvgIpc) is 2.67. The zero-order valence-corrected chi connectivity index (χ0v) is 17.9. The van der Waals surface area contributed by atoms with Crippen LogP contribution in [0.5, 0.6) is 0 Å². The summed E-state index contributed by atoms with van der Waals surface area (Å²) in [5.74, 6) is 0. The molecule has 1 rings (SSSR count). The molecule has 0 saturated carbocycles. The number of rotatable bonds is 11. The molecular formula is C23H35N3O2. The van der Waals surface area contributed by atoms with Crippen LogP contribution >= 0.6 is 0 Å². The largest absolute Gasteiger partial charge is 0.391 e. The van der Waals surface area contributed by atoms with E-state index in [0.717, 1.165) is 42.4 Å². The molecule has 0 radical (unpaired) electrons. The number of aryl methyl sites for hydroxylation is 1. The third-order valence-corrected chi connectivity index (χ3v) is 4.80. The van der Waals surface area contributed by atoms with Gasteiger partial charge in [0.1, 0.15) is 0 Å². The van der Waals surface area contributed by atoms with Gasteiger partial charge in [-0.15, -0.1) is 0 Å². The van der Waals surface area contributed by atoms with Crippen LogP contribution < -0.4 is 5.56 Å². The van der Waals surface area contributed by atoms with Gasteiger partial charge in [-0.05, 0) is 44.4 Å². The van der Waals surface area contributed by atoms with Crippen LogP contribution in [0.4, 0.5) is 0 Å². The Hall–Kier alpha value is -2.40. The molecule has 1 heterocycles. The summed E-state index contributed by atoms with van der Waals surface area (Å²) in [5.41, 5.74) is 2.69. The maximum atomic E-state index is 12.2. The second-order valence-corrected chi connectivity index (χ2v) is 6.98. The van der Waals surface area contributed by atoms with Gasteiger partial charge in [-0.2, -0.15) is 5.10 Å². The van der Waals surface area contributed by atoms with E-state index >= 15 is 0 Å². The van der Waals surface area contributed by atoms with Gasteiger partial charge < -0.3 is 9.67 Å². The van der Waals surface area contributed by atoms with Gasteiger partial charge in [0.05, 0.1) is 12.1 Å². The number of aromatic nitrogens is 1. The second kappa shape index (κ2) is 12.1. The average molecular weight is 386 g/mol. The molecule has 0 aliphatic rings. The van der Waals surface area contributed by atoms with E-state index in [-0.39, 0.29) is 11.6 Å². The van der Waals surface area contributed by atoms with Crippen molar-refractivity contribution in [3.8, 4) is 0 Å². The fourth-order valence-electron chi connectivity index (χ4n) is 3.17. The van der Waals surface area contributed by atoms with Gasteiger partial charge in [0.2, 0.25) is 0 Å². The van der Waals surface area contributed by atoms with Crippen LogP contribution in [0, 0.1) is 0 Å². The summed E-state index contributed by atoms with van der Waals surface area (Å²) in [6.07, 6.45) is 15.1. The summed E-state index contributed by atoms with van der Waals surface area (Å²) in [4.78, 5) is 12.2. The predicted molar refractivity (Wildman–Crippen MR) is 120 cm³/mol. The van der Waals surface area contributed by atoms with Gasteiger partial charge in [-0.25, -0.2) is 0 Å². The Morgan fingerprint density at radius 2 is 2.11 bits per heavy atom. The number of unbranched alkanes of at least 4 members (excludes halogenated alkanes) is 2. The van der Waals surface area contributed by atoms with E-state index in [9.17, 15) is 9.90 Å². The maximum absolute atomic E-state index is 12.2. The first-order valence-electron chi connectivity index (χ1n) is 10.0. The molecular weight excluding hydrogens is 350 g/mol. The number of nitrogens with zero attached hydrogens (tertiary/aromatic N) is 3. The number of pyridine rings is 1. The van der Waals surface area contributed by atoms with Crippen molar-refractivity contribution in [2.24, 2.45) is 12.1 Å². The molecule has 0 spiro atoms. The van der Waals surface area contributed by atoms with Crippen LogP contribution in [-0.2, 0) is 7.05 Å². The fraction of sp³-hybridized carbons (Fsp3) is 0.478. The molecule has 0 fully saturated rings. The normalized spacial score (nSPS) is 14.6. The summed E-state index contributed by atoms with van der Waals surface area (Å²) < 4.78 is 1.56. The zero-order valence-electron chi connectivity index (χ0n) is 17.9. The highest BCUT2D eigenvalue weighted by Gasteiger charge is 2.20. The van der Waals surface area contributed by atoms with Gasteiger partial charge in [-0.3, -0.25) is 9.80 Å². The van der Waals surface area contributed by atoms with Crippen LogP contribution in [0.2, 0.25) is 0 Å². The summed E-state index contributed by atoms with van der Waals surface area (Å²) in [7, 11) is 1.74. The number of allylic oxidation sites excluding steroid dienone is 4. The molecule has 0 saturated heterocycles. The van der Waals surface area contributed by atoms with Crippen LogP contribution in [0.15, 0.2) is 46.6 Å². The number of aliphatic hydroxyl groups is 1. The molecule has 0 aliphatic heterocycles. The minimum Gasteiger partial charge on any atom is -0.391 e. The van der Waals surface area contributed by atoms with Gasteiger partial charge in [0.15, 0.2) is 0 Å². The van der Waals surface area contributed by atoms with E-state index in [2.05, 4.69) is 18.7 Å². The third kappa shape index (κ3) is 6.64. The topological polar surface area (TPSA) is 57.8 Å². The van der Waals surface area contributed by atoms with Crippen molar-refractivity contribution in [1.29, 1.82) is 0 Å². The zero-order chi connectivity index (χ0) is 21.1. The summed E-state index contributed by atoms with van der Waals surface area (Å²) in [6.45, 7) is 11.5. The van der Waals surface area contributed by atoms with E-state index in [1.54, 1.807) is 29.6 Å². The van der Waals surface area contributed by atoms with Gasteiger partial charge in [0, 0.05) is 37.8 Å². The lowest BCUT2D eigenvalue weighted by molar-refractivity contribution is 0.0836. The standard InChI is InChI=1S/C23H35N3O2/c1-7-10-11-13-22(18(4)27)26(24-5)15-14-20-17-25(6)23(28)16-21(20)19(9-3)12-8-2/h8-9,12,14-18,22,27H,5,7,10-11,13H2,1-4,6H3/b12-8-,15-14+,19-9+. The van der Waals surface area contributed by atoms with Crippen molar-refractivity contribution < 1.29 is 5.11 Å². The molecule has 0 bridgehead atoms. The number of hydrogen-bond acceptors (Lipinski definition) is 4. The molecule has 5 heteroatoms. The minimum absolute atomic E-state index is 0.0591. The van der Waals surface area contributed by atoms with Crippen molar-refractivity contribution in [2.75, 3.05) is 0 Å². The number of hydrogen-bond donors (Lipinski definition) is 1. The third-order valence-electron chi connectivity index (χ3n) is 4.80. The van der Waals surface area contributed by atoms with Gasteiger partial charge in [0.25, 0.3) is 5.56 Å². The Morgan fingerprint density at radius 3 is 2.64 bits per heavy atom. The highest BCUT2D eigenvalue weighted by molar-refractivity contribution is 5.79. The molecule has 0 aromatic carbocycles. The van der Waals surface area contributed by atoms with Crippen molar-refractivity contribution in [3.63, 3.8) is 0 Å². The first-order chi connectivity index (χ1) is 13.4. The molecule has 0 aliphatic carbocycles. The molecule has 2 unspecified atom stereocenters. The smallest absolute Gasteiger partial charge is 0.250 e. The monoisotopic (exact) mass is 385 g/mol. The second-order valence-electron chi connectivity index (χ2n) is 6.98. The quantitative estimate of drug-likeness (QED) is 0.262. The molecule has 28 heavy (non-hydrogen) atoms. The van der Waals surface area contributed by atoms with Crippen molar-refractivity contribution >= 4 is 18.4 Å². The van der Waals surface area contributed by atoms with E-state index < -0.39 is 6.10 Å². The molecule has 1 aromatic heterocycles. The van der Waals surface area contributed by atoms with Crippen molar-refractivity contribution in [1.82, 2.24) is 9.58 Å². The maximum Gasteiger partial charge on any atom is 0.250 e.